The fourth-order valence-corrected chi connectivity index (χ4v) is 7.13. The zero-order valence-corrected chi connectivity index (χ0v) is 23.9. The highest BCUT2D eigenvalue weighted by atomic mass is 16.2. The first-order chi connectivity index (χ1) is 19.3. The summed E-state index contributed by atoms with van der Waals surface area (Å²) in [5.41, 5.74) is 8.18. The smallest absolute Gasteiger partial charge is 0.251 e. The Labute approximate surface area is 237 Å². The second-order valence-electron chi connectivity index (χ2n) is 12.3. The van der Waals surface area contributed by atoms with Crippen LogP contribution in [0.15, 0.2) is 24.3 Å². The van der Waals surface area contributed by atoms with Crippen LogP contribution in [0.5, 0.6) is 0 Å². The predicted molar refractivity (Wildman–Crippen MR) is 154 cm³/mol. The Morgan fingerprint density at radius 3 is 2.35 bits per heavy atom. The lowest BCUT2D eigenvalue weighted by atomic mass is 9.83. The van der Waals surface area contributed by atoms with Gasteiger partial charge in [-0.2, -0.15) is 0 Å². The van der Waals surface area contributed by atoms with Gasteiger partial charge in [0, 0.05) is 43.9 Å². The minimum atomic E-state index is -0.560. The Hall–Kier alpha value is -2.94. The van der Waals surface area contributed by atoms with Gasteiger partial charge in [0.1, 0.15) is 6.04 Å². The Bertz CT molecular complexity index is 1080. The number of nitrogens with two attached hydrogens (primary N) is 1. The third-order valence-electron chi connectivity index (χ3n) is 9.52. The van der Waals surface area contributed by atoms with Crippen molar-refractivity contribution in [1.82, 2.24) is 15.1 Å². The maximum absolute atomic E-state index is 13.2. The van der Waals surface area contributed by atoms with Crippen LogP contribution in [0, 0.1) is 11.8 Å². The molecule has 4 fully saturated rings. The third-order valence-corrected chi connectivity index (χ3v) is 9.52. The molecule has 0 bridgehead atoms. The number of nitrogens with zero attached hydrogens (tertiary/aromatic N) is 3. The van der Waals surface area contributed by atoms with E-state index in [-0.39, 0.29) is 47.9 Å². The van der Waals surface area contributed by atoms with Crippen molar-refractivity contribution in [3.63, 3.8) is 0 Å². The van der Waals surface area contributed by atoms with Crippen LogP contribution in [0.4, 0.5) is 5.69 Å². The van der Waals surface area contributed by atoms with Crippen LogP contribution in [0.3, 0.4) is 0 Å². The van der Waals surface area contributed by atoms with Gasteiger partial charge in [-0.3, -0.25) is 19.2 Å². The molecule has 1 saturated carbocycles. The number of nitrogens with one attached hydrogen (secondary N) is 1. The summed E-state index contributed by atoms with van der Waals surface area (Å²) in [5, 5.41) is 2.97. The van der Waals surface area contributed by atoms with E-state index in [0.717, 1.165) is 44.5 Å². The van der Waals surface area contributed by atoms with Crippen LogP contribution < -0.4 is 16.0 Å². The van der Waals surface area contributed by atoms with Crippen LogP contribution in [0.2, 0.25) is 0 Å². The van der Waals surface area contributed by atoms with Crippen molar-refractivity contribution in [3.05, 3.63) is 29.8 Å². The summed E-state index contributed by atoms with van der Waals surface area (Å²) in [7, 11) is 0. The van der Waals surface area contributed by atoms with Crippen molar-refractivity contribution in [2.75, 3.05) is 37.6 Å². The highest BCUT2D eigenvalue weighted by molar-refractivity contribution is 5.98. The molecule has 3 saturated heterocycles. The number of carbonyl (C=O) groups is 4. The molecule has 1 aliphatic carbocycles. The zero-order valence-electron chi connectivity index (χ0n) is 23.9. The molecule has 9 nitrogen and oxygen atoms in total. The van der Waals surface area contributed by atoms with Crippen LogP contribution >= 0.6 is 0 Å². The molecule has 4 aliphatic rings. The highest BCUT2D eigenvalue weighted by Gasteiger charge is 2.52. The molecule has 3 N–H and O–H groups in total. The maximum Gasteiger partial charge on any atom is 0.251 e. The number of Topliss-reactive ketones (excluding diaryl/α,β-unsaturated/α-hetero) is 1. The number of benzene rings is 1. The van der Waals surface area contributed by atoms with E-state index in [1.165, 1.54) is 19.3 Å². The molecule has 3 amide bonds. The first-order valence-electron chi connectivity index (χ1n) is 15.3. The van der Waals surface area contributed by atoms with E-state index < -0.39 is 12.1 Å². The number of hydrogen-bond donors (Lipinski definition) is 2. The van der Waals surface area contributed by atoms with Gasteiger partial charge >= 0.3 is 0 Å². The van der Waals surface area contributed by atoms with Gasteiger partial charge in [-0.25, -0.2) is 0 Å². The van der Waals surface area contributed by atoms with Crippen LogP contribution in [-0.2, 0) is 14.4 Å². The molecule has 0 aromatic heterocycles. The lowest BCUT2D eigenvalue weighted by Crippen LogP contribution is -2.51. The first kappa shape index (κ1) is 28.6. The van der Waals surface area contributed by atoms with E-state index >= 15 is 0 Å². The van der Waals surface area contributed by atoms with Crippen molar-refractivity contribution in [3.8, 4) is 0 Å². The normalized spacial score (nSPS) is 24.8. The van der Waals surface area contributed by atoms with E-state index in [2.05, 4.69) is 10.2 Å². The number of ketones is 1. The molecule has 3 heterocycles. The van der Waals surface area contributed by atoms with E-state index in [1.54, 1.807) is 9.80 Å². The summed E-state index contributed by atoms with van der Waals surface area (Å²) in [4.78, 5) is 57.7. The average Bonchev–Trinajstić information content (AvgIpc) is 3.72. The van der Waals surface area contributed by atoms with E-state index in [4.69, 9.17) is 5.73 Å². The van der Waals surface area contributed by atoms with Gasteiger partial charge < -0.3 is 25.8 Å². The quantitative estimate of drug-likeness (QED) is 0.488. The largest absolute Gasteiger partial charge is 0.372 e. The van der Waals surface area contributed by atoms with Crippen molar-refractivity contribution >= 4 is 29.2 Å². The molecule has 218 valence electrons. The van der Waals surface area contributed by atoms with Gasteiger partial charge in [0.05, 0.1) is 18.6 Å². The van der Waals surface area contributed by atoms with Crippen molar-refractivity contribution in [2.45, 2.75) is 89.3 Å². The minimum Gasteiger partial charge on any atom is -0.372 e. The maximum atomic E-state index is 13.2. The molecular formula is C31H45N5O4. The Morgan fingerprint density at radius 2 is 1.65 bits per heavy atom. The second kappa shape index (κ2) is 12.7. The summed E-state index contributed by atoms with van der Waals surface area (Å²) in [5.74, 6) is -0.110. The van der Waals surface area contributed by atoms with E-state index in [9.17, 15) is 19.2 Å². The first-order valence-corrected chi connectivity index (χ1v) is 15.3. The van der Waals surface area contributed by atoms with Gasteiger partial charge in [-0.05, 0) is 74.6 Å². The highest BCUT2D eigenvalue weighted by Crippen LogP contribution is 2.33. The summed E-state index contributed by atoms with van der Waals surface area (Å²) in [6, 6.07) is 6.38. The molecule has 0 radical (unpaired) electrons. The van der Waals surface area contributed by atoms with Crippen LogP contribution in [-0.4, -0.2) is 84.2 Å². The van der Waals surface area contributed by atoms with Crippen LogP contribution in [0.1, 0.15) is 81.5 Å². The lowest BCUT2D eigenvalue weighted by molar-refractivity contribution is -0.137. The summed E-state index contributed by atoms with van der Waals surface area (Å²) >= 11 is 0. The lowest BCUT2D eigenvalue weighted by Gasteiger charge is -2.31. The molecule has 4 atom stereocenters. The Kier molecular flexibility index (Phi) is 9.08. The number of likely N-dealkylation sites (tertiary alicyclic amines) is 2. The monoisotopic (exact) mass is 551 g/mol. The van der Waals surface area contributed by atoms with E-state index in [0.29, 0.717) is 37.9 Å². The molecule has 1 aromatic rings. The zero-order chi connectivity index (χ0) is 28.2. The summed E-state index contributed by atoms with van der Waals surface area (Å²) < 4.78 is 0. The fourth-order valence-electron chi connectivity index (χ4n) is 7.13. The van der Waals surface area contributed by atoms with Crippen molar-refractivity contribution < 1.29 is 19.2 Å². The molecule has 9 heteroatoms. The molecular weight excluding hydrogens is 506 g/mol. The molecule has 40 heavy (non-hydrogen) atoms. The molecule has 0 spiro atoms. The number of anilines is 1. The predicted octanol–water partition coefficient (Wildman–Crippen LogP) is 2.72. The summed E-state index contributed by atoms with van der Waals surface area (Å²) in [6.07, 6.45) is 9.36. The van der Waals surface area contributed by atoms with E-state index in [1.807, 2.05) is 31.2 Å². The second-order valence-corrected chi connectivity index (χ2v) is 12.3. The molecule has 5 rings (SSSR count). The standard InChI is InChI=1S/C31H45N5O4/c1-21(13-15-33-30(39)23-9-11-24(12-10-23)34-16-5-6-17-34)19-27(38)35-18-14-25-29(35)26(37)20-36(25)31(40)28(32)22-7-3-2-4-8-22/h9-12,21-22,25,28-29H,2-8,13-20,32H2,1H3,(H,33,39). The van der Waals surface area contributed by atoms with Gasteiger partial charge in [-0.1, -0.05) is 26.2 Å². The number of carbonyl (C=O) groups excluding carboxylic acids is 4. The topological polar surface area (TPSA) is 116 Å². The number of rotatable bonds is 9. The third kappa shape index (κ3) is 6.19. The van der Waals surface area contributed by atoms with Gasteiger partial charge in [-0.15, -0.1) is 0 Å². The Morgan fingerprint density at radius 1 is 0.950 bits per heavy atom. The van der Waals surface area contributed by atoms with Gasteiger partial charge in [0.15, 0.2) is 5.78 Å². The number of fused-ring (bicyclic) bond motifs is 1. The molecule has 1 aromatic carbocycles. The number of hydrogen-bond acceptors (Lipinski definition) is 6. The molecule has 3 aliphatic heterocycles. The minimum absolute atomic E-state index is 0.0527. The molecule has 4 unspecified atom stereocenters. The SMILES string of the molecule is CC(CCNC(=O)c1ccc(N2CCCC2)cc1)CC(=O)N1CCC2C1C(=O)CN2C(=O)C(N)C1CCCCC1. The Balaban J connectivity index is 1.07. The number of amides is 3. The van der Waals surface area contributed by atoms with Gasteiger partial charge in [0.2, 0.25) is 11.8 Å². The van der Waals surface area contributed by atoms with Gasteiger partial charge in [0.25, 0.3) is 5.91 Å². The average molecular weight is 552 g/mol. The van der Waals surface area contributed by atoms with Crippen molar-refractivity contribution in [2.24, 2.45) is 17.6 Å². The van der Waals surface area contributed by atoms with Crippen molar-refractivity contribution in [1.29, 1.82) is 0 Å². The summed E-state index contributed by atoms with van der Waals surface area (Å²) in [6.45, 7) is 5.16. The fraction of sp³-hybridized carbons (Fsp3) is 0.677. The van der Waals surface area contributed by atoms with Crippen LogP contribution in [0.25, 0.3) is 0 Å².